The van der Waals surface area contributed by atoms with Crippen LogP contribution in [0.1, 0.15) is 94.9 Å². The average Bonchev–Trinajstić information content (AvgIpc) is 2.94. The van der Waals surface area contributed by atoms with Crippen LogP contribution < -0.4 is 0 Å². The van der Waals surface area contributed by atoms with Crippen LogP contribution in [-0.2, 0) is 61.0 Å². The Hall–Kier alpha value is -3.09. The van der Waals surface area contributed by atoms with Gasteiger partial charge >= 0.3 is 31.7 Å². The Balaban J connectivity index is 3.49. The van der Waals surface area contributed by atoms with Crippen molar-refractivity contribution in [3.63, 3.8) is 0 Å². The summed E-state index contributed by atoms with van der Waals surface area (Å²) in [4.78, 5) is 48.1. The number of rotatable bonds is 19. The monoisotopic (exact) mass is 700 g/mol. The van der Waals surface area contributed by atoms with Crippen LogP contribution in [0.2, 0.25) is 0 Å². The molecule has 0 amide bonds. The lowest BCUT2D eigenvalue weighted by molar-refractivity contribution is -0.291. The van der Waals surface area contributed by atoms with Gasteiger partial charge in [-0.2, -0.15) is 0 Å². The van der Waals surface area contributed by atoms with Gasteiger partial charge in [-0.1, -0.05) is 46.6 Å². The van der Waals surface area contributed by atoms with Gasteiger partial charge in [-0.15, -0.1) is 0 Å². The number of hydrogen-bond donors (Lipinski definition) is 0. The van der Waals surface area contributed by atoms with Gasteiger partial charge in [-0.3, -0.25) is 32.7 Å². The van der Waals surface area contributed by atoms with Gasteiger partial charge in [0.15, 0.2) is 18.3 Å². The highest BCUT2D eigenvalue weighted by molar-refractivity contribution is 7.48. The number of phosphoric ester groups is 1. The molecule has 1 rings (SSSR count). The fraction of sp³-hybridized carbons (Fsp3) is 0.647. The Bertz CT molecular complexity index is 1210. The fourth-order valence-electron chi connectivity index (χ4n) is 4.42. The Morgan fingerprint density at radius 1 is 0.604 bits per heavy atom. The SMILES string of the molecule is CC(=O)OC[C@H]1O[C@H](OP(=O)(OC/C=C(\C)CCC=C(C)C)OC/C=C(\C)CCC=C(C)C)[C@@H](OC(C)=O)[C@@H](OC(C)=O)[C@@H]1OC(C)=O. The van der Waals surface area contributed by atoms with E-state index in [-0.39, 0.29) is 13.2 Å². The lowest BCUT2D eigenvalue weighted by atomic mass is 9.98. The molecular weight excluding hydrogens is 647 g/mol. The van der Waals surface area contributed by atoms with E-state index in [4.69, 9.17) is 37.3 Å². The molecule has 0 unspecified atom stereocenters. The molecule has 0 bridgehead atoms. The minimum atomic E-state index is -4.52. The van der Waals surface area contributed by atoms with E-state index in [0.29, 0.717) is 0 Å². The Labute approximate surface area is 284 Å². The third-order valence-corrected chi connectivity index (χ3v) is 8.09. The molecule has 13 nitrogen and oxygen atoms in total. The summed E-state index contributed by atoms with van der Waals surface area (Å²) < 4.78 is 58.8. The third-order valence-electron chi connectivity index (χ3n) is 6.69. The second kappa shape index (κ2) is 21.8. The number of allylic oxidation sites excluding steroid dienone is 6. The molecular formula is C34H53O13P. The maximum Gasteiger partial charge on any atom is 0.477 e. The fourth-order valence-corrected chi connectivity index (χ4v) is 5.56. The molecule has 14 heteroatoms. The predicted octanol–water partition coefficient (Wildman–Crippen LogP) is 6.61. The van der Waals surface area contributed by atoms with Crippen molar-refractivity contribution in [2.45, 2.75) is 126 Å². The molecule has 0 aromatic carbocycles. The molecule has 1 aliphatic rings. The highest BCUT2D eigenvalue weighted by Crippen LogP contribution is 2.52. The van der Waals surface area contributed by atoms with Crippen LogP contribution in [-0.4, -0.2) is 74.4 Å². The second-order valence-corrected chi connectivity index (χ2v) is 13.6. The minimum Gasteiger partial charge on any atom is -0.463 e. The normalized spacial score (nSPS) is 21.5. The van der Waals surface area contributed by atoms with Crippen LogP contribution in [0.25, 0.3) is 0 Å². The van der Waals surface area contributed by atoms with E-state index in [1.807, 2.05) is 41.5 Å². The summed E-state index contributed by atoms with van der Waals surface area (Å²) in [5.74, 6) is -3.12. The van der Waals surface area contributed by atoms with E-state index in [1.54, 1.807) is 12.2 Å². The van der Waals surface area contributed by atoms with Crippen molar-refractivity contribution in [3.05, 3.63) is 46.6 Å². The first-order valence-corrected chi connectivity index (χ1v) is 17.3. The van der Waals surface area contributed by atoms with E-state index < -0.39 is 69.0 Å². The van der Waals surface area contributed by atoms with Crippen LogP contribution in [0.15, 0.2) is 46.6 Å². The van der Waals surface area contributed by atoms with Gasteiger partial charge in [0.05, 0.1) is 13.2 Å². The molecule has 1 saturated heterocycles. The van der Waals surface area contributed by atoms with Crippen molar-refractivity contribution >= 4 is 31.7 Å². The van der Waals surface area contributed by atoms with Crippen LogP contribution in [0.3, 0.4) is 0 Å². The predicted molar refractivity (Wildman–Crippen MR) is 177 cm³/mol. The molecule has 0 aromatic heterocycles. The zero-order chi connectivity index (χ0) is 36.4. The standard InChI is InChI=1S/C34H53O13P/c1-22(2)13-11-15-24(5)17-19-41-48(39,42-20-18-25(6)16-12-14-23(3)4)47-34-33(45-29(10)38)32(44-28(9)37)31(43-27(8)36)30(46-34)21-40-26(7)35/h13-14,17-18,30-34H,11-12,15-16,19-21H2,1-10H3/b24-17+,25-18+/t30-,31-,32+,33+,34-/m1/s1. The van der Waals surface area contributed by atoms with E-state index >= 15 is 0 Å². The lowest BCUT2D eigenvalue weighted by Crippen LogP contribution is -2.62. The summed E-state index contributed by atoms with van der Waals surface area (Å²) in [5, 5.41) is 0. The number of carbonyl (C=O) groups excluding carboxylic acids is 4. The van der Waals surface area contributed by atoms with Crippen molar-refractivity contribution in [1.29, 1.82) is 0 Å². The van der Waals surface area contributed by atoms with Crippen LogP contribution in [0, 0.1) is 0 Å². The zero-order valence-corrected chi connectivity index (χ0v) is 30.8. The Morgan fingerprint density at radius 3 is 1.46 bits per heavy atom. The Kier molecular flexibility index (Phi) is 19.5. The van der Waals surface area contributed by atoms with Crippen LogP contribution in [0.4, 0.5) is 0 Å². The van der Waals surface area contributed by atoms with E-state index in [9.17, 15) is 23.7 Å². The van der Waals surface area contributed by atoms with Crippen molar-refractivity contribution in [1.82, 2.24) is 0 Å². The lowest BCUT2D eigenvalue weighted by Gasteiger charge is -2.44. The number of ether oxygens (including phenoxy) is 5. The smallest absolute Gasteiger partial charge is 0.463 e. The topological polar surface area (TPSA) is 159 Å². The molecule has 5 atom stereocenters. The summed E-state index contributed by atoms with van der Waals surface area (Å²) in [7, 11) is -4.52. The highest BCUT2D eigenvalue weighted by atomic mass is 31.2. The number of hydrogen-bond acceptors (Lipinski definition) is 13. The molecule has 0 radical (unpaired) electrons. The highest BCUT2D eigenvalue weighted by Gasteiger charge is 2.54. The van der Waals surface area contributed by atoms with Gasteiger partial charge in [-0.05, 0) is 67.2 Å². The van der Waals surface area contributed by atoms with E-state index in [2.05, 4.69) is 12.2 Å². The first kappa shape index (κ1) is 42.9. The molecule has 0 saturated carbocycles. The van der Waals surface area contributed by atoms with Gasteiger partial charge in [0, 0.05) is 27.7 Å². The molecule has 0 aliphatic carbocycles. The van der Waals surface area contributed by atoms with Gasteiger partial charge < -0.3 is 23.7 Å². The number of esters is 4. The molecule has 0 aromatic rings. The van der Waals surface area contributed by atoms with E-state index in [1.165, 1.54) is 11.1 Å². The van der Waals surface area contributed by atoms with Crippen molar-refractivity contribution in [2.75, 3.05) is 19.8 Å². The Morgan fingerprint density at radius 2 is 1.04 bits per heavy atom. The minimum absolute atomic E-state index is 0.160. The molecule has 1 aliphatic heterocycles. The van der Waals surface area contributed by atoms with Gasteiger partial charge in [0.2, 0.25) is 6.29 Å². The summed E-state index contributed by atoms with van der Waals surface area (Å²) in [5.41, 5.74) is 4.33. The first-order chi connectivity index (χ1) is 22.4. The largest absolute Gasteiger partial charge is 0.477 e. The first-order valence-electron chi connectivity index (χ1n) is 15.9. The summed E-state index contributed by atoms with van der Waals surface area (Å²) in [6.07, 6.45) is 3.23. The summed E-state index contributed by atoms with van der Waals surface area (Å²) >= 11 is 0. The van der Waals surface area contributed by atoms with Crippen LogP contribution in [0.5, 0.6) is 0 Å². The number of phosphoric acid groups is 1. The molecule has 1 heterocycles. The van der Waals surface area contributed by atoms with Crippen molar-refractivity contribution in [3.8, 4) is 0 Å². The summed E-state index contributed by atoms with van der Waals surface area (Å²) in [6, 6.07) is 0. The molecule has 0 spiro atoms. The van der Waals surface area contributed by atoms with Gasteiger partial charge in [0.1, 0.15) is 12.7 Å². The molecule has 48 heavy (non-hydrogen) atoms. The summed E-state index contributed by atoms with van der Waals surface area (Å²) in [6.45, 7) is 15.5. The second-order valence-electron chi connectivity index (χ2n) is 12.0. The number of carbonyl (C=O) groups is 4. The van der Waals surface area contributed by atoms with Crippen LogP contribution >= 0.6 is 7.82 Å². The quantitative estimate of drug-likeness (QED) is 0.0613. The van der Waals surface area contributed by atoms with Gasteiger partial charge in [-0.25, -0.2) is 4.57 Å². The van der Waals surface area contributed by atoms with E-state index in [0.717, 1.165) is 64.5 Å². The molecule has 0 N–H and O–H groups in total. The van der Waals surface area contributed by atoms with Gasteiger partial charge in [0.25, 0.3) is 0 Å². The maximum atomic E-state index is 14.2. The van der Waals surface area contributed by atoms with Crippen molar-refractivity contribution < 1.29 is 61.0 Å². The molecule has 272 valence electrons. The molecule has 1 fully saturated rings. The maximum absolute atomic E-state index is 14.2. The third kappa shape index (κ3) is 17.9. The van der Waals surface area contributed by atoms with Crippen molar-refractivity contribution in [2.24, 2.45) is 0 Å². The average molecular weight is 701 g/mol. The zero-order valence-electron chi connectivity index (χ0n) is 29.9.